The second-order valence-corrected chi connectivity index (χ2v) is 5.41. The molecular formula is C14H25NO2. The fourth-order valence-electron chi connectivity index (χ4n) is 1.50. The number of nitrogens with one attached hydrogen (secondary N) is 1. The normalized spacial score (nSPS) is 17.1. The summed E-state index contributed by atoms with van der Waals surface area (Å²) in [7, 11) is 0. The van der Waals surface area contributed by atoms with Crippen LogP contribution in [-0.4, -0.2) is 23.3 Å². The van der Waals surface area contributed by atoms with Gasteiger partial charge in [0.1, 0.15) is 5.76 Å². The third-order valence-electron chi connectivity index (χ3n) is 3.46. The van der Waals surface area contributed by atoms with Crippen LogP contribution < -0.4 is 5.32 Å². The van der Waals surface area contributed by atoms with Crippen LogP contribution in [0.4, 0.5) is 0 Å². The smallest absolute Gasteiger partial charge is 0.103 e. The van der Waals surface area contributed by atoms with Crippen molar-refractivity contribution in [2.45, 2.75) is 52.2 Å². The van der Waals surface area contributed by atoms with Crippen molar-refractivity contribution in [1.29, 1.82) is 0 Å². The van der Waals surface area contributed by atoms with Gasteiger partial charge in [-0.2, -0.15) is 0 Å². The van der Waals surface area contributed by atoms with Gasteiger partial charge in [0.05, 0.1) is 11.9 Å². The van der Waals surface area contributed by atoms with Gasteiger partial charge in [0, 0.05) is 19.0 Å². The van der Waals surface area contributed by atoms with E-state index >= 15 is 0 Å². The van der Waals surface area contributed by atoms with E-state index in [1.54, 1.807) is 6.26 Å². The maximum absolute atomic E-state index is 10.1. The highest BCUT2D eigenvalue weighted by Crippen LogP contribution is 2.15. The van der Waals surface area contributed by atoms with Crippen molar-refractivity contribution < 1.29 is 9.52 Å². The molecule has 0 aliphatic rings. The summed E-state index contributed by atoms with van der Waals surface area (Å²) in [6.07, 6.45) is 3.66. The van der Waals surface area contributed by atoms with Crippen LogP contribution in [0.25, 0.3) is 0 Å². The average Bonchev–Trinajstić information content (AvgIpc) is 2.76. The Morgan fingerprint density at radius 1 is 1.41 bits per heavy atom. The lowest BCUT2D eigenvalue weighted by Gasteiger charge is -2.29. The van der Waals surface area contributed by atoms with Gasteiger partial charge in [-0.1, -0.05) is 13.8 Å². The lowest BCUT2D eigenvalue weighted by molar-refractivity contribution is 0.0120. The van der Waals surface area contributed by atoms with Crippen LogP contribution in [0.3, 0.4) is 0 Å². The van der Waals surface area contributed by atoms with Crippen molar-refractivity contribution in [3.8, 4) is 0 Å². The molecule has 98 valence electrons. The Labute approximate surface area is 104 Å². The largest absolute Gasteiger partial charge is 0.469 e. The van der Waals surface area contributed by atoms with Crippen LogP contribution in [-0.2, 0) is 6.42 Å². The maximum Gasteiger partial charge on any atom is 0.103 e. The number of hydrogen-bond acceptors (Lipinski definition) is 3. The quantitative estimate of drug-likeness (QED) is 0.768. The van der Waals surface area contributed by atoms with E-state index in [-0.39, 0.29) is 5.92 Å². The number of hydrogen-bond donors (Lipinski definition) is 2. The minimum absolute atomic E-state index is 0.257. The van der Waals surface area contributed by atoms with Crippen molar-refractivity contribution in [2.24, 2.45) is 5.92 Å². The van der Waals surface area contributed by atoms with E-state index in [4.69, 9.17) is 4.42 Å². The van der Waals surface area contributed by atoms with Crippen molar-refractivity contribution in [2.75, 3.05) is 6.54 Å². The first-order valence-corrected chi connectivity index (χ1v) is 6.40. The van der Waals surface area contributed by atoms with E-state index in [0.717, 1.165) is 18.6 Å². The first-order chi connectivity index (χ1) is 7.92. The van der Waals surface area contributed by atoms with Crippen molar-refractivity contribution in [1.82, 2.24) is 5.32 Å². The predicted octanol–water partition coefficient (Wildman–Crippen LogP) is 2.60. The highest BCUT2D eigenvalue weighted by molar-refractivity contribution is 4.98. The number of furan rings is 1. The fourth-order valence-corrected chi connectivity index (χ4v) is 1.50. The summed E-state index contributed by atoms with van der Waals surface area (Å²) < 4.78 is 5.29. The fraction of sp³-hybridized carbons (Fsp3) is 0.714. The van der Waals surface area contributed by atoms with Crippen LogP contribution in [0.5, 0.6) is 0 Å². The molecule has 3 nitrogen and oxygen atoms in total. The Hall–Kier alpha value is -0.800. The molecule has 2 unspecified atom stereocenters. The van der Waals surface area contributed by atoms with E-state index in [0.29, 0.717) is 12.6 Å². The SMILES string of the molecule is CC(CCc1ccco1)NCC(C)(O)C(C)C. The van der Waals surface area contributed by atoms with Gasteiger partial charge >= 0.3 is 0 Å². The predicted molar refractivity (Wildman–Crippen MR) is 70.0 cm³/mol. The van der Waals surface area contributed by atoms with Crippen LogP contribution >= 0.6 is 0 Å². The Kier molecular flexibility index (Phi) is 5.22. The van der Waals surface area contributed by atoms with Crippen molar-refractivity contribution in [3.63, 3.8) is 0 Å². The molecule has 17 heavy (non-hydrogen) atoms. The van der Waals surface area contributed by atoms with Gasteiger partial charge in [-0.05, 0) is 38.3 Å². The van der Waals surface area contributed by atoms with Crippen LogP contribution in [0.2, 0.25) is 0 Å². The molecule has 2 atom stereocenters. The molecule has 1 heterocycles. The van der Waals surface area contributed by atoms with Gasteiger partial charge in [0.25, 0.3) is 0 Å². The summed E-state index contributed by atoms with van der Waals surface area (Å²) in [4.78, 5) is 0. The molecule has 1 aromatic heterocycles. The van der Waals surface area contributed by atoms with Gasteiger partial charge in [-0.3, -0.25) is 0 Å². The van der Waals surface area contributed by atoms with Gasteiger partial charge in [0.15, 0.2) is 0 Å². The number of aryl methyl sites for hydroxylation is 1. The summed E-state index contributed by atoms with van der Waals surface area (Å²) in [5.41, 5.74) is -0.640. The third kappa shape index (κ3) is 4.92. The highest BCUT2D eigenvalue weighted by Gasteiger charge is 2.24. The van der Waals surface area contributed by atoms with E-state index < -0.39 is 5.60 Å². The molecule has 0 amide bonds. The first-order valence-electron chi connectivity index (χ1n) is 6.40. The molecule has 0 aromatic carbocycles. The van der Waals surface area contributed by atoms with Crippen LogP contribution in [0.1, 0.15) is 39.9 Å². The number of aliphatic hydroxyl groups is 1. The van der Waals surface area contributed by atoms with Gasteiger partial charge in [-0.25, -0.2) is 0 Å². The van der Waals surface area contributed by atoms with Gasteiger partial charge < -0.3 is 14.8 Å². The molecule has 1 aromatic rings. The molecule has 0 radical (unpaired) electrons. The van der Waals surface area contributed by atoms with Crippen LogP contribution in [0, 0.1) is 5.92 Å². The molecular weight excluding hydrogens is 214 g/mol. The summed E-state index contributed by atoms with van der Waals surface area (Å²) >= 11 is 0. The standard InChI is InChI=1S/C14H25NO2/c1-11(2)14(4,16)10-15-12(3)7-8-13-6-5-9-17-13/h5-6,9,11-12,15-16H,7-8,10H2,1-4H3. The first kappa shape index (κ1) is 14.3. The lowest BCUT2D eigenvalue weighted by Crippen LogP contribution is -2.45. The molecule has 0 saturated carbocycles. The molecule has 2 N–H and O–H groups in total. The second-order valence-electron chi connectivity index (χ2n) is 5.41. The van der Waals surface area contributed by atoms with Gasteiger partial charge in [0.2, 0.25) is 0 Å². The van der Waals surface area contributed by atoms with E-state index in [2.05, 4.69) is 12.2 Å². The molecule has 0 fully saturated rings. The number of rotatable bonds is 7. The van der Waals surface area contributed by atoms with E-state index in [1.165, 1.54) is 0 Å². The summed E-state index contributed by atoms with van der Waals surface area (Å²) in [5, 5.41) is 13.5. The third-order valence-corrected chi connectivity index (χ3v) is 3.46. The molecule has 0 spiro atoms. The minimum Gasteiger partial charge on any atom is -0.469 e. The summed E-state index contributed by atoms with van der Waals surface area (Å²) in [6, 6.07) is 4.29. The Balaban J connectivity index is 2.23. The van der Waals surface area contributed by atoms with Crippen molar-refractivity contribution in [3.05, 3.63) is 24.2 Å². The monoisotopic (exact) mass is 239 g/mol. The van der Waals surface area contributed by atoms with Crippen molar-refractivity contribution >= 4 is 0 Å². The molecule has 1 rings (SSSR count). The molecule has 0 bridgehead atoms. The Morgan fingerprint density at radius 2 is 2.12 bits per heavy atom. The highest BCUT2D eigenvalue weighted by atomic mass is 16.3. The van der Waals surface area contributed by atoms with Crippen LogP contribution in [0.15, 0.2) is 22.8 Å². The van der Waals surface area contributed by atoms with E-state index in [1.807, 2.05) is 32.9 Å². The maximum atomic E-state index is 10.1. The second kappa shape index (κ2) is 6.22. The molecule has 0 aliphatic heterocycles. The van der Waals surface area contributed by atoms with Gasteiger partial charge in [-0.15, -0.1) is 0 Å². The topological polar surface area (TPSA) is 45.4 Å². The summed E-state index contributed by atoms with van der Waals surface area (Å²) in [5.74, 6) is 1.28. The zero-order valence-electron chi connectivity index (χ0n) is 11.4. The Morgan fingerprint density at radius 3 is 2.65 bits per heavy atom. The Bertz CT molecular complexity index is 304. The minimum atomic E-state index is -0.640. The zero-order valence-corrected chi connectivity index (χ0v) is 11.4. The van der Waals surface area contributed by atoms with E-state index in [9.17, 15) is 5.11 Å². The molecule has 3 heteroatoms. The zero-order chi connectivity index (χ0) is 12.9. The lowest BCUT2D eigenvalue weighted by atomic mass is 9.92. The molecule has 0 saturated heterocycles. The average molecular weight is 239 g/mol. The molecule has 0 aliphatic carbocycles. The summed E-state index contributed by atoms with van der Waals surface area (Å²) in [6.45, 7) is 8.72.